The van der Waals surface area contributed by atoms with Gasteiger partial charge in [0.15, 0.2) is 5.96 Å². The summed E-state index contributed by atoms with van der Waals surface area (Å²) in [7, 11) is 0. The molecule has 1 aromatic rings. The molecular formula is C10H16N4. The molecule has 0 aliphatic rings. The van der Waals surface area contributed by atoms with Crippen molar-refractivity contribution in [1.82, 2.24) is 0 Å². The van der Waals surface area contributed by atoms with E-state index in [1.54, 1.807) is 0 Å². The van der Waals surface area contributed by atoms with Crippen molar-refractivity contribution in [3.63, 3.8) is 0 Å². The maximum Gasteiger partial charge on any atom is 0.185 e. The van der Waals surface area contributed by atoms with Crippen LogP contribution in [0, 0.1) is 0 Å². The van der Waals surface area contributed by atoms with Crippen LogP contribution >= 0.6 is 0 Å². The number of guanidine groups is 1. The van der Waals surface area contributed by atoms with E-state index in [-0.39, 0.29) is 5.96 Å². The lowest BCUT2D eigenvalue weighted by molar-refractivity contribution is 0.872. The molecule has 0 aliphatic heterocycles. The number of nitrogens with zero attached hydrogens (tertiary/aromatic N) is 1. The second-order valence-electron chi connectivity index (χ2n) is 2.95. The molecule has 0 radical (unpaired) electrons. The van der Waals surface area contributed by atoms with Gasteiger partial charge in [-0.05, 0) is 18.6 Å². The second kappa shape index (κ2) is 5.85. The fraction of sp³-hybridized carbons (Fsp3) is 0.300. The van der Waals surface area contributed by atoms with Crippen LogP contribution in [0.15, 0.2) is 35.3 Å². The lowest BCUT2D eigenvalue weighted by Gasteiger charge is -2.03. The zero-order valence-electron chi connectivity index (χ0n) is 8.11. The molecule has 0 atom stereocenters. The summed E-state index contributed by atoms with van der Waals surface area (Å²) in [5.41, 5.74) is 11.5. The number of aliphatic imine (C=N–C) groups is 1. The molecule has 0 saturated carbocycles. The zero-order valence-corrected chi connectivity index (χ0v) is 8.11. The van der Waals surface area contributed by atoms with Crippen LogP contribution in [-0.4, -0.2) is 19.0 Å². The largest absolute Gasteiger partial charge is 0.385 e. The molecule has 4 heteroatoms. The molecule has 0 amide bonds. The van der Waals surface area contributed by atoms with Crippen molar-refractivity contribution in [3.8, 4) is 0 Å². The Morgan fingerprint density at radius 1 is 1.21 bits per heavy atom. The third-order valence-corrected chi connectivity index (χ3v) is 1.73. The second-order valence-corrected chi connectivity index (χ2v) is 2.95. The Bertz CT molecular complexity index is 277. The lowest BCUT2D eigenvalue weighted by Crippen LogP contribution is -2.23. The minimum Gasteiger partial charge on any atom is -0.385 e. The molecule has 0 aliphatic carbocycles. The minimum absolute atomic E-state index is 0.157. The number of hydrogen-bond donors (Lipinski definition) is 3. The Morgan fingerprint density at radius 2 is 1.93 bits per heavy atom. The summed E-state index contributed by atoms with van der Waals surface area (Å²) in [6.45, 7) is 1.54. The third kappa shape index (κ3) is 4.35. The van der Waals surface area contributed by atoms with Crippen molar-refractivity contribution < 1.29 is 0 Å². The predicted molar refractivity (Wildman–Crippen MR) is 60.2 cm³/mol. The zero-order chi connectivity index (χ0) is 10.2. The Kier molecular flexibility index (Phi) is 4.34. The van der Waals surface area contributed by atoms with Gasteiger partial charge in [-0.2, -0.15) is 0 Å². The fourth-order valence-corrected chi connectivity index (χ4v) is 1.08. The van der Waals surface area contributed by atoms with Gasteiger partial charge in [0.1, 0.15) is 0 Å². The van der Waals surface area contributed by atoms with Crippen molar-refractivity contribution in [2.45, 2.75) is 6.42 Å². The van der Waals surface area contributed by atoms with Crippen LogP contribution in [0.25, 0.3) is 0 Å². The molecule has 76 valence electrons. The highest BCUT2D eigenvalue weighted by molar-refractivity contribution is 5.75. The van der Waals surface area contributed by atoms with Crippen LogP contribution in [0.2, 0.25) is 0 Å². The quantitative estimate of drug-likeness (QED) is 0.366. The summed E-state index contributed by atoms with van der Waals surface area (Å²) in [5, 5.41) is 3.27. The summed E-state index contributed by atoms with van der Waals surface area (Å²) < 4.78 is 0. The van der Waals surface area contributed by atoms with Gasteiger partial charge < -0.3 is 16.8 Å². The van der Waals surface area contributed by atoms with E-state index in [9.17, 15) is 0 Å². The van der Waals surface area contributed by atoms with E-state index in [1.165, 1.54) is 0 Å². The van der Waals surface area contributed by atoms with Crippen molar-refractivity contribution >= 4 is 11.6 Å². The van der Waals surface area contributed by atoms with E-state index >= 15 is 0 Å². The minimum atomic E-state index is 0.157. The molecule has 14 heavy (non-hydrogen) atoms. The fourth-order valence-electron chi connectivity index (χ4n) is 1.08. The van der Waals surface area contributed by atoms with Gasteiger partial charge in [0, 0.05) is 18.8 Å². The highest BCUT2D eigenvalue weighted by atomic mass is 15.0. The lowest BCUT2D eigenvalue weighted by atomic mass is 10.3. The average molecular weight is 192 g/mol. The van der Waals surface area contributed by atoms with Crippen LogP contribution in [0.3, 0.4) is 0 Å². The summed E-state index contributed by atoms with van der Waals surface area (Å²) in [5.74, 6) is 0.157. The Labute approximate surface area is 84.0 Å². The first kappa shape index (κ1) is 10.4. The molecule has 0 saturated heterocycles. The summed E-state index contributed by atoms with van der Waals surface area (Å²) in [4.78, 5) is 3.89. The summed E-state index contributed by atoms with van der Waals surface area (Å²) in [6.07, 6.45) is 0.923. The normalized spacial score (nSPS) is 9.43. The topological polar surface area (TPSA) is 76.4 Å². The molecule has 0 unspecified atom stereocenters. The first-order valence-corrected chi connectivity index (χ1v) is 4.63. The monoisotopic (exact) mass is 192 g/mol. The first-order chi connectivity index (χ1) is 6.79. The van der Waals surface area contributed by atoms with E-state index in [4.69, 9.17) is 11.5 Å². The third-order valence-electron chi connectivity index (χ3n) is 1.73. The molecule has 0 heterocycles. The van der Waals surface area contributed by atoms with E-state index < -0.39 is 0 Å². The Hall–Kier alpha value is -1.71. The van der Waals surface area contributed by atoms with Crippen molar-refractivity contribution in [2.24, 2.45) is 16.5 Å². The number of hydrogen-bond acceptors (Lipinski definition) is 2. The SMILES string of the molecule is NC(N)=NCCCNc1ccccc1. The van der Waals surface area contributed by atoms with E-state index in [0.29, 0.717) is 6.54 Å². The van der Waals surface area contributed by atoms with Gasteiger partial charge in [-0.15, -0.1) is 0 Å². The standard InChI is InChI=1S/C10H16N4/c11-10(12)14-8-4-7-13-9-5-2-1-3-6-9/h1-3,5-6,13H,4,7-8H2,(H4,11,12,14). The van der Waals surface area contributed by atoms with Gasteiger partial charge in [0.05, 0.1) is 0 Å². The summed E-state index contributed by atoms with van der Waals surface area (Å²) in [6, 6.07) is 10.0. The van der Waals surface area contributed by atoms with Crippen molar-refractivity contribution in [1.29, 1.82) is 0 Å². The van der Waals surface area contributed by atoms with Crippen molar-refractivity contribution in [3.05, 3.63) is 30.3 Å². The molecule has 0 aromatic heterocycles. The highest BCUT2D eigenvalue weighted by Gasteiger charge is 1.88. The first-order valence-electron chi connectivity index (χ1n) is 4.63. The molecule has 1 aromatic carbocycles. The number of nitrogens with two attached hydrogens (primary N) is 2. The van der Waals surface area contributed by atoms with Crippen LogP contribution in [0.4, 0.5) is 5.69 Å². The van der Waals surface area contributed by atoms with Crippen LogP contribution in [-0.2, 0) is 0 Å². The molecule has 4 nitrogen and oxygen atoms in total. The van der Waals surface area contributed by atoms with E-state index in [2.05, 4.69) is 10.3 Å². The highest BCUT2D eigenvalue weighted by Crippen LogP contribution is 2.04. The number of rotatable bonds is 5. The van der Waals surface area contributed by atoms with Gasteiger partial charge in [-0.3, -0.25) is 4.99 Å². The number of para-hydroxylation sites is 1. The predicted octanol–water partition coefficient (Wildman–Crippen LogP) is 0.762. The number of nitrogens with one attached hydrogen (secondary N) is 1. The van der Waals surface area contributed by atoms with Gasteiger partial charge in [0.25, 0.3) is 0 Å². The molecule has 0 bridgehead atoms. The van der Waals surface area contributed by atoms with Crippen LogP contribution in [0.1, 0.15) is 6.42 Å². The smallest absolute Gasteiger partial charge is 0.185 e. The average Bonchev–Trinajstić information content (AvgIpc) is 2.18. The van der Waals surface area contributed by atoms with Crippen LogP contribution < -0.4 is 16.8 Å². The number of anilines is 1. The van der Waals surface area contributed by atoms with Gasteiger partial charge >= 0.3 is 0 Å². The molecule has 1 rings (SSSR count). The summed E-state index contributed by atoms with van der Waals surface area (Å²) >= 11 is 0. The van der Waals surface area contributed by atoms with Gasteiger partial charge in [-0.1, -0.05) is 18.2 Å². The van der Waals surface area contributed by atoms with E-state index in [0.717, 1.165) is 18.7 Å². The van der Waals surface area contributed by atoms with E-state index in [1.807, 2.05) is 30.3 Å². The molecule has 5 N–H and O–H groups in total. The Balaban J connectivity index is 2.14. The van der Waals surface area contributed by atoms with Crippen molar-refractivity contribution in [2.75, 3.05) is 18.4 Å². The molecule has 0 fully saturated rings. The number of benzene rings is 1. The maximum atomic E-state index is 5.19. The Morgan fingerprint density at radius 3 is 2.57 bits per heavy atom. The maximum absolute atomic E-state index is 5.19. The van der Waals surface area contributed by atoms with Gasteiger partial charge in [0.2, 0.25) is 0 Å². The molecular weight excluding hydrogens is 176 g/mol. The van der Waals surface area contributed by atoms with Gasteiger partial charge in [-0.25, -0.2) is 0 Å². The van der Waals surface area contributed by atoms with Crippen LogP contribution in [0.5, 0.6) is 0 Å². The molecule has 0 spiro atoms.